The van der Waals surface area contributed by atoms with Crippen molar-refractivity contribution >= 4 is 11.9 Å². The van der Waals surface area contributed by atoms with Crippen molar-refractivity contribution in [1.29, 1.82) is 0 Å². The van der Waals surface area contributed by atoms with Crippen LogP contribution in [0.1, 0.15) is 36.1 Å². The van der Waals surface area contributed by atoms with E-state index in [1.54, 1.807) is 0 Å². The number of benzene rings is 1. The van der Waals surface area contributed by atoms with E-state index in [9.17, 15) is 9.59 Å². The van der Waals surface area contributed by atoms with Crippen molar-refractivity contribution in [2.75, 3.05) is 0 Å². The van der Waals surface area contributed by atoms with Gasteiger partial charge >= 0.3 is 5.97 Å². The number of hydrogen-bond donors (Lipinski definition) is 2. The second-order valence-electron chi connectivity index (χ2n) is 4.14. The van der Waals surface area contributed by atoms with Gasteiger partial charge in [0.25, 0.3) is 0 Å². The van der Waals surface area contributed by atoms with Crippen molar-refractivity contribution in [1.82, 2.24) is 5.32 Å². The van der Waals surface area contributed by atoms with Gasteiger partial charge in [-0.25, -0.2) is 0 Å². The smallest absolute Gasteiger partial charge is 0.305 e. The lowest BCUT2D eigenvalue weighted by molar-refractivity contribution is -0.137. The number of carboxylic acid groups (broad SMARTS) is 1. The highest BCUT2D eigenvalue weighted by molar-refractivity contribution is 5.75. The van der Waals surface area contributed by atoms with Gasteiger partial charge in [-0.1, -0.05) is 18.2 Å². The lowest BCUT2D eigenvalue weighted by atomic mass is 9.95. The molecule has 17 heavy (non-hydrogen) atoms. The molecule has 0 aliphatic heterocycles. The van der Waals surface area contributed by atoms with Crippen molar-refractivity contribution in [2.24, 2.45) is 0 Å². The van der Waals surface area contributed by atoms with Crippen LogP contribution in [-0.4, -0.2) is 17.0 Å². The summed E-state index contributed by atoms with van der Waals surface area (Å²) < 4.78 is 0. The fraction of sp³-hybridized carbons (Fsp3) is 0.385. The molecule has 0 fully saturated rings. The lowest BCUT2D eigenvalue weighted by Gasteiger charge is -2.19. The first-order valence-corrected chi connectivity index (χ1v) is 5.47. The molecule has 1 aromatic carbocycles. The summed E-state index contributed by atoms with van der Waals surface area (Å²) in [5.41, 5.74) is 2.97. The van der Waals surface area contributed by atoms with Gasteiger partial charge in [-0.3, -0.25) is 9.59 Å². The Balaban J connectivity index is 3.07. The third-order valence-corrected chi connectivity index (χ3v) is 2.78. The van der Waals surface area contributed by atoms with E-state index in [-0.39, 0.29) is 12.3 Å². The van der Waals surface area contributed by atoms with Gasteiger partial charge in [0, 0.05) is 6.92 Å². The van der Waals surface area contributed by atoms with Crippen LogP contribution in [0.3, 0.4) is 0 Å². The summed E-state index contributed by atoms with van der Waals surface area (Å²) in [7, 11) is 0. The van der Waals surface area contributed by atoms with Gasteiger partial charge in [-0.15, -0.1) is 0 Å². The molecule has 0 saturated heterocycles. The van der Waals surface area contributed by atoms with E-state index in [1.807, 2.05) is 32.0 Å². The Hall–Kier alpha value is -1.84. The van der Waals surface area contributed by atoms with Gasteiger partial charge in [0.2, 0.25) is 5.91 Å². The standard InChI is InChI=1S/C13H17NO3/c1-8-5-4-6-11(9(8)2)12(7-13(16)17)14-10(3)15/h4-6,12H,7H2,1-3H3,(H,14,15)(H,16,17)/t12-/m0/s1. The average Bonchev–Trinajstić information content (AvgIpc) is 2.19. The number of aryl methyl sites for hydroxylation is 1. The van der Waals surface area contributed by atoms with E-state index in [4.69, 9.17) is 5.11 Å². The summed E-state index contributed by atoms with van der Waals surface area (Å²) in [4.78, 5) is 21.9. The number of rotatable bonds is 4. The second-order valence-corrected chi connectivity index (χ2v) is 4.14. The second kappa shape index (κ2) is 5.48. The van der Waals surface area contributed by atoms with Crippen molar-refractivity contribution in [3.63, 3.8) is 0 Å². The van der Waals surface area contributed by atoms with Gasteiger partial charge < -0.3 is 10.4 Å². The third-order valence-electron chi connectivity index (χ3n) is 2.78. The molecule has 0 aromatic heterocycles. The minimum absolute atomic E-state index is 0.107. The molecule has 1 aromatic rings. The Morgan fingerprint density at radius 1 is 1.35 bits per heavy atom. The van der Waals surface area contributed by atoms with Crippen LogP contribution in [0.25, 0.3) is 0 Å². The van der Waals surface area contributed by atoms with E-state index < -0.39 is 12.0 Å². The summed E-state index contributed by atoms with van der Waals surface area (Å²) in [6, 6.07) is 5.22. The molecule has 1 atom stereocenters. The third kappa shape index (κ3) is 3.59. The minimum Gasteiger partial charge on any atom is -0.481 e. The fourth-order valence-corrected chi connectivity index (χ4v) is 1.81. The number of aliphatic carboxylic acids is 1. The zero-order valence-electron chi connectivity index (χ0n) is 10.3. The Bertz CT molecular complexity index is 424. The van der Waals surface area contributed by atoms with Gasteiger partial charge in [-0.2, -0.15) is 0 Å². The molecule has 2 N–H and O–H groups in total. The van der Waals surface area contributed by atoms with Crippen molar-refractivity contribution < 1.29 is 14.7 Å². The number of nitrogens with one attached hydrogen (secondary N) is 1. The predicted octanol–water partition coefficient (Wildman–Crippen LogP) is 1.96. The zero-order chi connectivity index (χ0) is 13.0. The Morgan fingerprint density at radius 3 is 2.53 bits per heavy atom. The highest BCUT2D eigenvalue weighted by Crippen LogP contribution is 2.23. The summed E-state index contributed by atoms with van der Waals surface area (Å²) in [5.74, 6) is -1.15. The molecule has 4 nitrogen and oxygen atoms in total. The summed E-state index contributed by atoms with van der Waals surface area (Å²) in [6.45, 7) is 5.28. The predicted molar refractivity (Wildman–Crippen MR) is 64.7 cm³/mol. The van der Waals surface area contributed by atoms with E-state index in [0.29, 0.717) is 0 Å². The molecule has 0 heterocycles. The number of carbonyl (C=O) groups is 2. The highest BCUT2D eigenvalue weighted by Gasteiger charge is 2.18. The molecule has 1 rings (SSSR count). The Morgan fingerprint density at radius 2 is 2.00 bits per heavy atom. The maximum Gasteiger partial charge on any atom is 0.305 e. The van der Waals surface area contributed by atoms with E-state index >= 15 is 0 Å². The van der Waals surface area contributed by atoms with E-state index in [1.165, 1.54) is 6.92 Å². The molecule has 0 aliphatic rings. The number of hydrogen-bond acceptors (Lipinski definition) is 2. The zero-order valence-corrected chi connectivity index (χ0v) is 10.3. The monoisotopic (exact) mass is 235 g/mol. The highest BCUT2D eigenvalue weighted by atomic mass is 16.4. The molecule has 0 aliphatic carbocycles. The van der Waals surface area contributed by atoms with Crippen LogP contribution < -0.4 is 5.32 Å². The van der Waals surface area contributed by atoms with Crippen LogP contribution in [0.15, 0.2) is 18.2 Å². The molecule has 0 radical (unpaired) electrons. The number of amides is 1. The normalized spacial score (nSPS) is 11.9. The van der Waals surface area contributed by atoms with Gasteiger partial charge in [-0.05, 0) is 30.5 Å². The largest absolute Gasteiger partial charge is 0.481 e. The Kier molecular flexibility index (Phi) is 4.26. The minimum atomic E-state index is -0.926. The SMILES string of the molecule is CC(=O)N[C@@H](CC(=O)O)c1cccc(C)c1C. The van der Waals surface area contributed by atoms with Crippen LogP contribution in [0.2, 0.25) is 0 Å². The first-order chi connectivity index (χ1) is 7.91. The molecular formula is C13H17NO3. The molecule has 0 spiro atoms. The molecular weight excluding hydrogens is 218 g/mol. The maximum atomic E-state index is 11.1. The summed E-state index contributed by atoms with van der Waals surface area (Å²) in [6.07, 6.45) is -0.107. The molecule has 1 amide bonds. The molecule has 0 unspecified atom stereocenters. The van der Waals surface area contributed by atoms with Gasteiger partial charge in [0.05, 0.1) is 12.5 Å². The van der Waals surface area contributed by atoms with Crippen molar-refractivity contribution in [3.8, 4) is 0 Å². The van der Waals surface area contributed by atoms with Gasteiger partial charge in [0.15, 0.2) is 0 Å². The molecule has 92 valence electrons. The lowest BCUT2D eigenvalue weighted by Crippen LogP contribution is -2.28. The van der Waals surface area contributed by atoms with Crippen LogP contribution in [-0.2, 0) is 9.59 Å². The Labute approximate surface area is 101 Å². The molecule has 0 saturated carbocycles. The maximum absolute atomic E-state index is 11.1. The topological polar surface area (TPSA) is 66.4 Å². The molecule has 0 bridgehead atoms. The van der Waals surface area contributed by atoms with Crippen LogP contribution in [0.4, 0.5) is 0 Å². The van der Waals surface area contributed by atoms with Crippen LogP contribution in [0.5, 0.6) is 0 Å². The van der Waals surface area contributed by atoms with Crippen LogP contribution in [0, 0.1) is 13.8 Å². The number of carboxylic acids is 1. The van der Waals surface area contributed by atoms with E-state index in [0.717, 1.165) is 16.7 Å². The van der Waals surface area contributed by atoms with Crippen LogP contribution >= 0.6 is 0 Å². The first kappa shape index (κ1) is 13.2. The van der Waals surface area contributed by atoms with E-state index in [2.05, 4.69) is 5.32 Å². The summed E-state index contributed by atoms with van der Waals surface area (Å²) >= 11 is 0. The average molecular weight is 235 g/mol. The fourth-order valence-electron chi connectivity index (χ4n) is 1.81. The summed E-state index contributed by atoms with van der Waals surface area (Å²) in [5, 5.41) is 11.5. The van der Waals surface area contributed by atoms with Crippen molar-refractivity contribution in [3.05, 3.63) is 34.9 Å². The molecule has 4 heteroatoms. The van der Waals surface area contributed by atoms with Crippen molar-refractivity contribution in [2.45, 2.75) is 33.2 Å². The van der Waals surface area contributed by atoms with Gasteiger partial charge in [0.1, 0.15) is 0 Å². The first-order valence-electron chi connectivity index (χ1n) is 5.47. The quantitative estimate of drug-likeness (QED) is 0.838. The number of carbonyl (C=O) groups excluding carboxylic acids is 1.